The summed E-state index contributed by atoms with van der Waals surface area (Å²) in [5, 5.41) is 13.2. The molecule has 0 saturated carbocycles. The smallest absolute Gasteiger partial charge is 0.228 e. The number of carbonyl (C=O) groups is 1. The van der Waals surface area contributed by atoms with Crippen molar-refractivity contribution in [2.75, 3.05) is 5.32 Å². The molecule has 148 valence electrons. The van der Waals surface area contributed by atoms with Gasteiger partial charge in [0.1, 0.15) is 11.9 Å². The second-order valence-electron chi connectivity index (χ2n) is 6.84. The van der Waals surface area contributed by atoms with Gasteiger partial charge < -0.3 is 14.3 Å². The Morgan fingerprint density at radius 1 is 1.28 bits per heavy atom. The molecule has 2 aromatic heterocycles. The molecule has 4 rings (SSSR count). The lowest BCUT2D eigenvalue weighted by atomic mass is 10.0. The highest BCUT2D eigenvalue weighted by Gasteiger charge is 2.15. The molecule has 0 aliphatic carbocycles. The first-order valence-electron chi connectivity index (χ1n) is 9.00. The number of halogens is 1. The highest BCUT2D eigenvalue weighted by Crippen LogP contribution is 2.34. The first-order chi connectivity index (χ1) is 13.9. The van der Waals surface area contributed by atoms with Crippen molar-refractivity contribution >= 4 is 45.9 Å². The van der Waals surface area contributed by atoms with Gasteiger partial charge in [-0.3, -0.25) is 4.79 Å². The van der Waals surface area contributed by atoms with E-state index < -0.39 is 0 Å². The van der Waals surface area contributed by atoms with Crippen LogP contribution in [0, 0.1) is 13.8 Å². The van der Waals surface area contributed by atoms with E-state index in [0.717, 1.165) is 37.7 Å². The number of furan rings is 1. The molecule has 0 atom stereocenters. The van der Waals surface area contributed by atoms with E-state index in [1.807, 2.05) is 43.7 Å². The van der Waals surface area contributed by atoms with Gasteiger partial charge in [-0.1, -0.05) is 23.7 Å². The summed E-state index contributed by atoms with van der Waals surface area (Å²) < 4.78 is 7.53. The first kappa shape index (κ1) is 19.5. The van der Waals surface area contributed by atoms with Gasteiger partial charge in [0.15, 0.2) is 5.16 Å². The number of nitrogens with zero attached hydrogens (tertiary/aromatic N) is 3. The third-order valence-corrected chi connectivity index (χ3v) is 6.14. The predicted molar refractivity (Wildman–Crippen MR) is 115 cm³/mol. The van der Waals surface area contributed by atoms with Gasteiger partial charge in [-0.2, -0.15) is 0 Å². The van der Waals surface area contributed by atoms with E-state index >= 15 is 0 Å². The lowest BCUT2D eigenvalue weighted by Gasteiger charge is -2.11. The van der Waals surface area contributed by atoms with Crippen molar-refractivity contribution in [3.63, 3.8) is 0 Å². The van der Waals surface area contributed by atoms with Gasteiger partial charge in [0, 0.05) is 27.9 Å². The van der Waals surface area contributed by atoms with Crippen molar-refractivity contribution in [3.8, 4) is 0 Å². The number of hydrogen-bond donors (Lipinski definition) is 1. The number of aryl methyl sites for hydroxylation is 3. The molecular formula is C21H19ClN4O2S. The van der Waals surface area contributed by atoms with E-state index in [-0.39, 0.29) is 12.3 Å². The summed E-state index contributed by atoms with van der Waals surface area (Å²) in [6, 6.07) is 9.42. The highest BCUT2D eigenvalue weighted by atomic mass is 35.5. The third kappa shape index (κ3) is 4.02. The Morgan fingerprint density at radius 2 is 2.10 bits per heavy atom. The third-order valence-electron chi connectivity index (χ3n) is 4.78. The second kappa shape index (κ2) is 7.93. The molecule has 0 bridgehead atoms. The van der Waals surface area contributed by atoms with Crippen LogP contribution in [-0.2, 0) is 18.3 Å². The Bertz CT molecular complexity index is 1210. The molecule has 0 aliphatic rings. The summed E-state index contributed by atoms with van der Waals surface area (Å²) >= 11 is 7.57. The van der Waals surface area contributed by atoms with E-state index in [9.17, 15) is 4.79 Å². The molecule has 6 nitrogen and oxygen atoms in total. The largest absolute Gasteiger partial charge is 0.464 e. The average Bonchev–Trinajstić information content (AvgIpc) is 3.27. The Labute approximate surface area is 177 Å². The number of amides is 1. The normalized spacial score (nSPS) is 11.2. The fourth-order valence-corrected chi connectivity index (χ4v) is 4.05. The average molecular weight is 427 g/mol. The standard InChI is InChI=1S/C21H19ClN4O2S/c1-12-4-6-16-14(10-28-20(16)13(12)2)8-19(27)24-17-9-15(22)5-7-18(17)29-21-25-23-11-26(21)3/h4-7,9-11H,8H2,1-3H3,(H,24,27). The van der Waals surface area contributed by atoms with E-state index in [0.29, 0.717) is 10.7 Å². The van der Waals surface area contributed by atoms with Crippen molar-refractivity contribution in [3.05, 3.63) is 64.6 Å². The van der Waals surface area contributed by atoms with Crippen LogP contribution in [0.25, 0.3) is 11.0 Å². The monoisotopic (exact) mass is 426 g/mol. The second-order valence-corrected chi connectivity index (χ2v) is 8.28. The number of carbonyl (C=O) groups excluding carboxylic acids is 1. The number of nitrogens with one attached hydrogen (secondary N) is 1. The van der Waals surface area contributed by atoms with Gasteiger partial charge in [0.05, 0.1) is 18.4 Å². The van der Waals surface area contributed by atoms with Crippen molar-refractivity contribution in [1.82, 2.24) is 14.8 Å². The Balaban J connectivity index is 1.57. The molecule has 0 saturated heterocycles. The van der Waals surface area contributed by atoms with E-state index in [2.05, 4.69) is 15.5 Å². The van der Waals surface area contributed by atoms with Crippen LogP contribution in [0.2, 0.25) is 5.02 Å². The molecule has 8 heteroatoms. The molecule has 0 fully saturated rings. The van der Waals surface area contributed by atoms with Gasteiger partial charge in [-0.05, 0) is 54.9 Å². The molecule has 29 heavy (non-hydrogen) atoms. The number of rotatable bonds is 5. The van der Waals surface area contributed by atoms with Gasteiger partial charge in [0.2, 0.25) is 5.91 Å². The maximum Gasteiger partial charge on any atom is 0.228 e. The quantitative estimate of drug-likeness (QED) is 0.477. The van der Waals surface area contributed by atoms with Gasteiger partial charge in [-0.15, -0.1) is 10.2 Å². The lowest BCUT2D eigenvalue weighted by Crippen LogP contribution is -2.14. The maximum absolute atomic E-state index is 12.8. The Kier molecular flexibility index (Phi) is 5.34. The molecule has 2 aromatic carbocycles. The van der Waals surface area contributed by atoms with Crippen LogP contribution in [0.3, 0.4) is 0 Å². The zero-order valence-corrected chi connectivity index (χ0v) is 17.8. The zero-order chi connectivity index (χ0) is 20.5. The number of aromatic nitrogens is 3. The van der Waals surface area contributed by atoms with Crippen LogP contribution in [0.1, 0.15) is 16.7 Å². The molecule has 0 aliphatic heterocycles. The van der Waals surface area contributed by atoms with Crippen molar-refractivity contribution in [1.29, 1.82) is 0 Å². The summed E-state index contributed by atoms with van der Waals surface area (Å²) in [5.74, 6) is -0.145. The fourth-order valence-electron chi connectivity index (χ4n) is 3.04. The van der Waals surface area contributed by atoms with Crippen molar-refractivity contribution < 1.29 is 9.21 Å². The summed E-state index contributed by atoms with van der Waals surface area (Å²) in [6.07, 6.45) is 3.49. The van der Waals surface area contributed by atoms with Crippen LogP contribution in [0.15, 0.2) is 57.4 Å². The van der Waals surface area contributed by atoms with Crippen molar-refractivity contribution in [2.45, 2.75) is 30.3 Å². The summed E-state index contributed by atoms with van der Waals surface area (Å²) in [6.45, 7) is 4.06. The minimum atomic E-state index is -0.145. The van der Waals surface area contributed by atoms with Crippen LogP contribution < -0.4 is 5.32 Å². The number of anilines is 1. The molecule has 0 unspecified atom stereocenters. The van der Waals surface area contributed by atoms with Crippen LogP contribution >= 0.6 is 23.4 Å². The Morgan fingerprint density at radius 3 is 2.86 bits per heavy atom. The summed E-state index contributed by atoms with van der Waals surface area (Å²) in [5.41, 5.74) is 4.56. The van der Waals surface area contributed by atoms with Crippen LogP contribution in [0.5, 0.6) is 0 Å². The lowest BCUT2D eigenvalue weighted by molar-refractivity contribution is -0.115. The summed E-state index contributed by atoms with van der Waals surface area (Å²) in [4.78, 5) is 13.6. The zero-order valence-electron chi connectivity index (χ0n) is 16.2. The topological polar surface area (TPSA) is 73.0 Å². The molecule has 1 amide bonds. The molecule has 1 N–H and O–H groups in total. The molecule has 2 heterocycles. The molecule has 0 radical (unpaired) electrons. The van der Waals surface area contributed by atoms with E-state index in [4.69, 9.17) is 16.0 Å². The van der Waals surface area contributed by atoms with Gasteiger partial charge in [-0.25, -0.2) is 0 Å². The predicted octanol–water partition coefficient (Wildman–Crippen LogP) is 5.16. The molecular weight excluding hydrogens is 408 g/mol. The molecule has 0 spiro atoms. The molecule has 4 aromatic rings. The number of hydrogen-bond acceptors (Lipinski definition) is 5. The minimum absolute atomic E-state index is 0.145. The van der Waals surface area contributed by atoms with Gasteiger partial charge >= 0.3 is 0 Å². The van der Waals surface area contributed by atoms with Crippen LogP contribution in [0.4, 0.5) is 5.69 Å². The van der Waals surface area contributed by atoms with E-state index in [1.54, 1.807) is 24.7 Å². The highest BCUT2D eigenvalue weighted by molar-refractivity contribution is 7.99. The Hall–Kier alpha value is -2.77. The van der Waals surface area contributed by atoms with E-state index in [1.165, 1.54) is 11.8 Å². The summed E-state index contributed by atoms with van der Waals surface area (Å²) in [7, 11) is 1.87. The fraction of sp³-hybridized carbons (Fsp3) is 0.190. The SMILES string of the molecule is Cc1ccc2c(CC(=O)Nc3cc(Cl)ccc3Sc3nncn3C)coc2c1C. The van der Waals surface area contributed by atoms with Gasteiger partial charge in [0.25, 0.3) is 0 Å². The number of fused-ring (bicyclic) bond motifs is 1. The van der Waals surface area contributed by atoms with Crippen molar-refractivity contribution in [2.24, 2.45) is 7.05 Å². The first-order valence-corrected chi connectivity index (χ1v) is 10.2. The van der Waals surface area contributed by atoms with Crippen LogP contribution in [-0.4, -0.2) is 20.7 Å². The minimum Gasteiger partial charge on any atom is -0.464 e. The number of benzene rings is 2. The maximum atomic E-state index is 12.8.